The summed E-state index contributed by atoms with van der Waals surface area (Å²) in [6.45, 7) is 8.72. The summed E-state index contributed by atoms with van der Waals surface area (Å²) >= 11 is 0. The Hall–Kier alpha value is -0.660. The van der Waals surface area contributed by atoms with Crippen LogP contribution < -0.4 is 0 Å². The number of aldehydes is 1. The maximum atomic E-state index is 10.5. The molecule has 0 aromatic carbocycles. The summed E-state index contributed by atoms with van der Waals surface area (Å²) in [5.74, 6) is 0.0396. The van der Waals surface area contributed by atoms with Gasteiger partial charge >= 0.3 is 0 Å². The van der Waals surface area contributed by atoms with E-state index in [2.05, 4.69) is 4.99 Å². The third-order valence-corrected chi connectivity index (χ3v) is 1.98. The van der Waals surface area contributed by atoms with Crippen molar-refractivity contribution in [1.82, 2.24) is 0 Å². The summed E-state index contributed by atoms with van der Waals surface area (Å²) in [5, 5.41) is 0. The molecule has 0 rings (SSSR count). The molecule has 0 spiro atoms. The monoisotopic (exact) mass is 155 g/mol. The van der Waals surface area contributed by atoms with Crippen LogP contribution in [0.3, 0.4) is 0 Å². The van der Waals surface area contributed by atoms with E-state index in [0.717, 1.165) is 12.8 Å². The molecular formula is C9H17NO. The van der Waals surface area contributed by atoms with Gasteiger partial charge in [-0.3, -0.25) is 4.99 Å². The van der Waals surface area contributed by atoms with E-state index in [1.54, 1.807) is 0 Å². The van der Waals surface area contributed by atoms with Crippen molar-refractivity contribution < 1.29 is 4.79 Å². The lowest BCUT2D eigenvalue weighted by atomic mass is 9.82. The average Bonchev–Trinajstić information content (AvgIpc) is 1.99. The molecule has 1 atom stereocenters. The molecule has 0 amide bonds. The lowest BCUT2D eigenvalue weighted by Gasteiger charge is -2.22. The van der Waals surface area contributed by atoms with Gasteiger partial charge in [0.25, 0.3) is 0 Å². The van der Waals surface area contributed by atoms with Gasteiger partial charge in [-0.2, -0.15) is 0 Å². The molecule has 0 aromatic rings. The molecule has 0 radical (unpaired) electrons. The SMILES string of the molecule is CCN=CC(C)(C)C(C)C=O. The number of carbonyl (C=O) groups is 1. The van der Waals surface area contributed by atoms with Gasteiger partial charge in [0.15, 0.2) is 0 Å². The summed E-state index contributed by atoms with van der Waals surface area (Å²) in [4.78, 5) is 14.6. The van der Waals surface area contributed by atoms with Crippen LogP contribution in [0.5, 0.6) is 0 Å². The van der Waals surface area contributed by atoms with Crippen molar-refractivity contribution in [3.05, 3.63) is 0 Å². The van der Waals surface area contributed by atoms with Crippen molar-refractivity contribution in [2.75, 3.05) is 6.54 Å². The minimum absolute atomic E-state index is 0.0396. The van der Waals surface area contributed by atoms with Crippen LogP contribution in [-0.4, -0.2) is 19.0 Å². The van der Waals surface area contributed by atoms with Gasteiger partial charge in [-0.05, 0) is 6.92 Å². The van der Waals surface area contributed by atoms with Crippen molar-refractivity contribution in [3.8, 4) is 0 Å². The predicted molar refractivity (Wildman–Crippen MR) is 48.0 cm³/mol. The zero-order chi connectivity index (χ0) is 8.91. The standard InChI is InChI=1S/C9H17NO/c1-5-10-7-9(3,4)8(2)6-11/h6-8H,5H2,1-4H3. The molecule has 0 aliphatic heterocycles. The zero-order valence-corrected chi connectivity index (χ0v) is 7.79. The van der Waals surface area contributed by atoms with Crippen LogP contribution in [0.2, 0.25) is 0 Å². The fourth-order valence-corrected chi connectivity index (χ4v) is 0.620. The van der Waals surface area contributed by atoms with Crippen molar-refractivity contribution in [2.45, 2.75) is 27.7 Å². The van der Waals surface area contributed by atoms with Gasteiger partial charge in [-0.1, -0.05) is 20.8 Å². The molecule has 0 bridgehead atoms. The van der Waals surface area contributed by atoms with E-state index >= 15 is 0 Å². The molecular weight excluding hydrogens is 138 g/mol. The second-order valence-corrected chi connectivity index (χ2v) is 3.37. The molecule has 0 N–H and O–H groups in total. The highest BCUT2D eigenvalue weighted by Crippen LogP contribution is 2.21. The van der Waals surface area contributed by atoms with Crippen LogP contribution in [0.1, 0.15) is 27.7 Å². The molecule has 2 heteroatoms. The molecule has 0 aliphatic carbocycles. The van der Waals surface area contributed by atoms with Crippen LogP contribution in [0.15, 0.2) is 4.99 Å². The fraction of sp³-hybridized carbons (Fsp3) is 0.778. The first-order valence-corrected chi connectivity index (χ1v) is 4.01. The number of nitrogens with zero attached hydrogens (tertiary/aromatic N) is 1. The zero-order valence-electron chi connectivity index (χ0n) is 7.79. The Bertz CT molecular complexity index is 150. The number of carbonyl (C=O) groups excluding carboxylic acids is 1. The number of aliphatic imine (C=N–C) groups is 1. The smallest absolute Gasteiger partial charge is 0.123 e. The van der Waals surface area contributed by atoms with Gasteiger partial charge in [0.1, 0.15) is 6.29 Å². The summed E-state index contributed by atoms with van der Waals surface area (Å²) in [5.41, 5.74) is -0.0994. The van der Waals surface area contributed by atoms with Gasteiger partial charge < -0.3 is 4.79 Å². The van der Waals surface area contributed by atoms with Crippen molar-refractivity contribution in [1.29, 1.82) is 0 Å². The summed E-state index contributed by atoms with van der Waals surface area (Å²) in [6.07, 6.45) is 2.84. The van der Waals surface area contributed by atoms with E-state index in [9.17, 15) is 4.79 Å². The van der Waals surface area contributed by atoms with Crippen molar-refractivity contribution in [2.24, 2.45) is 16.3 Å². The number of rotatable bonds is 4. The van der Waals surface area contributed by atoms with E-state index in [4.69, 9.17) is 0 Å². The van der Waals surface area contributed by atoms with Gasteiger partial charge in [0.2, 0.25) is 0 Å². The third kappa shape index (κ3) is 3.30. The quantitative estimate of drug-likeness (QED) is 0.450. The first-order valence-electron chi connectivity index (χ1n) is 4.01. The molecule has 2 nitrogen and oxygen atoms in total. The maximum absolute atomic E-state index is 10.5. The van der Waals surface area contributed by atoms with Crippen molar-refractivity contribution >= 4 is 12.5 Å². The van der Waals surface area contributed by atoms with Gasteiger partial charge in [-0.25, -0.2) is 0 Å². The summed E-state index contributed by atoms with van der Waals surface area (Å²) in [7, 11) is 0. The van der Waals surface area contributed by atoms with Gasteiger partial charge in [0, 0.05) is 24.1 Å². The van der Waals surface area contributed by atoms with E-state index in [1.807, 2.05) is 33.9 Å². The van der Waals surface area contributed by atoms with Crippen molar-refractivity contribution in [3.63, 3.8) is 0 Å². The Balaban J connectivity index is 4.19. The summed E-state index contributed by atoms with van der Waals surface area (Å²) in [6, 6.07) is 0. The molecule has 0 aromatic heterocycles. The Morgan fingerprint density at radius 1 is 1.55 bits per heavy atom. The molecule has 0 aliphatic rings. The second kappa shape index (κ2) is 4.27. The normalized spacial score (nSPS) is 15.3. The Morgan fingerprint density at radius 2 is 2.09 bits per heavy atom. The van der Waals surface area contributed by atoms with Crippen LogP contribution in [0.25, 0.3) is 0 Å². The Labute approximate surface area is 68.7 Å². The topological polar surface area (TPSA) is 29.4 Å². The molecule has 11 heavy (non-hydrogen) atoms. The van der Waals surface area contributed by atoms with Gasteiger partial charge in [0.05, 0.1) is 0 Å². The second-order valence-electron chi connectivity index (χ2n) is 3.37. The van der Waals surface area contributed by atoms with Gasteiger partial charge in [-0.15, -0.1) is 0 Å². The lowest BCUT2D eigenvalue weighted by molar-refractivity contribution is -0.112. The third-order valence-electron chi connectivity index (χ3n) is 1.98. The molecule has 0 saturated carbocycles. The first-order chi connectivity index (χ1) is 5.04. The molecule has 0 saturated heterocycles. The highest BCUT2D eigenvalue weighted by molar-refractivity contribution is 5.71. The summed E-state index contributed by atoms with van der Waals surface area (Å²) < 4.78 is 0. The Morgan fingerprint density at radius 3 is 2.45 bits per heavy atom. The highest BCUT2D eigenvalue weighted by Gasteiger charge is 2.22. The molecule has 64 valence electrons. The maximum Gasteiger partial charge on any atom is 0.123 e. The van der Waals surface area contributed by atoms with E-state index in [0.29, 0.717) is 0 Å². The number of hydrogen-bond acceptors (Lipinski definition) is 2. The average molecular weight is 155 g/mol. The minimum atomic E-state index is -0.0994. The molecule has 1 unspecified atom stereocenters. The van der Waals surface area contributed by atoms with E-state index in [1.165, 1.54) is 0 Å². The fourth-order valence-electron chi connectivity index (χ4n) is 0.620. The Kier molecular flexibility index (Phi) is 4.01. The predicted octanol–water partition coefficient (Wildman–Crippen LogP) is 1.94. The number of hydrogen-bond donors (Lipinski definition) is 0. The van der Waals surface area contributed by atoms with E-state index < -0.39 is 0 Å². The largest absolute Gasteiger partial charge is 0.303 e. The van der Waals surface area contributed by atoms with Crippen LogP contribution in [0.4, 0.5) is 0 Å². The molecule has 0 heterocycles. The highest BCUT2D eigenvalue weighted by atomic mass is 16.1. The first kappa shape index (κ1) is 10.3. The lowest BCUT2D eigenvalue weighted by Crippen LogP contribution is -2.24. The van der Waals surface area contributed by atoms with Crippen LogP contribution in [0, 0.1) is 11.3 Å². The minimum Gasteiger partial charge on any atom is -0.303 e. The van der Waals surface area contributed by atoms with E-state index in [-0.39, 0.29) is 11.3 Å². The molecule has 0 fully saturated rings. The van der Waals surface area contributed by atoms with Crippen LogP contribution in [-0.2, 0) is 4.79 Å². The van der Waals surface area contributed by atoms with Crippen LogP contribution >= 0.6 is 0 Å².